The number of aromatic nitrogens is 2. The van der Waals surface area contributed by atoms with E-state index in [0.29, 0.717) is 24.2 Å². The number of amides is 1. The van der Waals surface area contributed by atoms with Gasteiger partial charge in [0, 0.05) is 48.9 Å². The molecule has 1 aliphatic heterocycles. The number of carbonyl (C=O) groups is 1. The van der Waals surface area contributed by atoms with E-state index in [1.807, 2.05) is 47.0 Å². The molecule has 28 heavy (non-hydrogen) atoms. The van der Waals surface area contributed by atoms with Gasteiger partial charge in [-0.05, 0) is 18.2 Å². The van der Waals surface area contributed by atoms with E-state index in [0.717, 1.165) is 23.4 Å². The molecule has 0 saturated heterocycles. The van der Waals surface area contributed by atoms with E-state index < -0.39 is 0 Å². The first-order valence-electron chi connectivity index (χ1n) is 9.32. The van der Waals surface area contributed by atoms with Gasteiger partial charge >= 0.3 is 0 Å². The first-order chi connectivity index (χ1) is 13.6. The molecule has 3 aromatic rings. The van der Waals surface area contributed by atoms with E-state index in [1.54, 1.807) is 18.2 Å². The number of rotatable bonds is 5. The van der Waals surface area contributed by atoms with Crippen molar-refractivity contribution < 1.29 is 13.9 Å². The van der Waals surface area contributed by atoms with Gasteiger partial charge in [0.15, 0.2) is 0 Å². The third-order valence-corrected chi connectivity index (χ3v) is 5.09. The minimum absolute atomic E-state index is 0.0216. The lowest BCUT2D eigenvalue weighted by Crippen LogP contribution is -2.36. The number of carbonyl (C=O) groups excluding carboxylic acids is 1. The fourth-order valence-electron chi connectivity index (χ4n) is 3.60. The Morgan fingerprint density at radius 3 is 2.64 bits per heavy atom. The Morgan fingerprint density at radius 2 is 1.86 bits per heavy atom. The maximum atomic E-state index is 13.8. The molecule has 1 aliphatic rings. The van der Waals surface area contributed by atoms with Gasteiger partial charge in [0.25, 0.3) is 5.91 Å². The van der Waals surface area contributed by atoms with E-state index in [9.17, 15) is 9.18 Å². The van der Waals surface area contributed by atoms with Crippen molar-refractivity contribution in [3.8, 4) is 0 Å². The molecule has 0 unspecified atom stereocenters. The quantitative estimate of drug-likeness (QED) is 0.682. The Labute approximate surface area is 163 Å². The minimum Gasteiger partial charge on any atom is -0.370 e. The number of benzene rings is 2. The fourth-order valence-corrected chi connectivity index (χ4v) is 3.60. The van der Waals surface area contributed by atoms with Gasteiger partial charge in [-0.15, -0.1) is 0 Å². The van der Waals surface area contributed by atoms with Crippen molar-refractivity contribution in [1.82, 2.24) is 14.7 Å². The first-order valence-corrected chi connectivity index (χ1v) is 9.32. The Morgan fingerprint density at radius 1 is 1.11 bits per heavy atom. The number of nitrogens with zero attached hydrogens (tertiary/aromatic N) is 3. The van der Waals surface area contributed by atoms with Crippen LogP contribution in [0, 0.1) is 5.82 Å². The molecule has 0 saturated carbocycles. The molecule has 144 valence electrons. The molecular formula is C22H22FN3O2. The summed E-state index contributed by atoms with van der Waals surface area (Å²) in [7, 11) is 1.91. The predicted molar refractivity (Wildman–Crippen MR) is 103 cm³/mol. The lowest BCUT2D eigenvalue weighted by Gasteiger charge is -2.27. The molecule has 0 spiro atoms. The molecule has 1 amide bonds. The number of hydrogen-bond donors (Lipinski definition) is 0. The average molecular weight is 379 g/mol. The molecule has 2 aromatic carbocycles. The highest BCUT2D eigenvalue weighted by Gasteiger charge is 2.27. The van der Waals surface area contributed by atoms with Crippen LogP contribution in [0.15, 0.2) is 54.6 Å². The maximum Gasteiger partial charge on any atom is 0.254 e. The Hall–Kier alpha value is -2.99. The molecule has 6 heteroatoms. The van der Waals surface area contributed by atoms with Gasteiger partial charge in [-0.2, -0.15) is 5.10 Å². The van der Waals surface area contributed by atoms with Crippen molar-refractivity contribution in [2.45, 2.75) is 26.2 Å². The van der Waals surface area contributed by atoms with Gasteiger partial charge in [0.1, 0.15) is 5.82 Å². The highest BCUT2D eigenvalue weighted by Crippen LogP contribution is 2.24. The topological polar surface area (TPSA) is 47.4 Å². The summed E-state index contributed by atoms with van der Waals surface area (Å²) >= 11 is 0. The molecular weight excluding hydrogens is 357 g/mol. The van der Waals surface area contributed by atoms with Crippen LogP contribution in [0.2, 0.25) is 0 Å². The van der Waals surface area contributed by atoms with Gasteiger partial charge in [0.05, 0.1) is 18.9 Å². The zero-order valence-corrected chi connectivity index (χ0v) is 15.8. The van der Waals surface area contributed by atoms with Crippen LogP contribution in [0.5, 0.6) is 0 Å². The summed E-state index contributed by atoms with van der Waals surface area (Å²) in [6, 6.07) is 15.9. The standard InChI is InChI=1S/C22H22FN3O2/c1-25-21-11-12-26(22(27)16-7-3-2-4-8-16)13-18(21)20(24-25)15-28-14-17-9-5-6-10-19(17)23/h2-10H,11-15H2,1H3. The summed E-state index contributed by atoms with van der Waals surface area (Å²) in [4.78, 5) is 14.6. The van der Waals surface area contributed by atoms with E-state index >= 15 is 0 Å². The van der Waals surface area contributed by atoms with Crippen LogP contribution in [0.1, 0.15) is 32.9 Å². The summed E-state index contributed by atoms with van der Waals surface area (Å²) in [6.07, 6.45) is 0.755. The van der Waals surface area contributed by atoms with Crippen LogP contribution in [-0.4, -0.2) is 27.1 Å². The van der Waals surface area contributed by atoms with Gasteiger partial charge < -0.3 is 9.64 Å². The van der Waals surface area contributed by atoms with E-state index in [1.165, 1.54) is 6.07 Å². The van der Waals surface area contributed by atoms with Crippen molar-refractivity contribution >= 4 is 5.91 Å². The third kappa shape index (κ3) is 3.68. The molecule has 0 fully saturated rings. The fraction of sp³-hybridized carbons (Fsp3) is 0.273. The lowest BCUT2D eigenvalue weighted by molar-refractivity contribution is 0.0727. The first kappa shape index (κ1) is 18.4. The summed E-state index contributed by atoms with van der Waals surface area (Å²) in [5.74, 6) is -0.251. The average Bonchev–Trinajstić information content (AvgIpc) is 3.04. The van der Waals surface area contributed by atoms with Crippen LogP contribution in [0.4, 0.5) is 4.39 Å². The monoisotopic (exact) mass is 379 g/mol. The van der Waals surface area contributed by atoms with E-state index in [2.05, 4.69) is 5.10 Å². The predicted octanol–water partition coefficient (Wildman–Crippen LogP) is 3.47. The highest BCUT2D eigenvalue weighted by molar-refractivity contribution is 5.94. The Bertz CT molecular complexity index is 985. The second-order valence-electron chi connectivity index (χ2n) is 6.92. The number of aryl methyl sites for hydroxylation is 1. The van der Waals surface area contributed by atoms with Gasteiger partial charge in [0.2, 0.25) is 0 Å². The Balaban J connectivity index is 1.47. The second-order valence-corrected chi connectivity index (χ2v) is 6.92. The normalized spacial score (nSPS) is 13.4. The van der Waals surface area contributed by atoms with E-state index in [-0.39, 0.29) is 24.9 Å². The second kappa shape index (κ2) is 7.94. The number of ether oxygens (including phenoxy) is 1. The van der Waals surface area contributed by atoms with Crippen molar-refractivity contribution in [3.05, 3.63) is 88.5 Å². The molecule has 4 rings (SSSR count). The van der Waals surface area contributed by atoms with Crippen molar-refractivity contribution in [1.29, 1.82) is 0 Å². The summed E-state index contributed by atoms with van der Waals surface area (Å²) in [6.45, 7) is 1.64. The van der Waals surface area contributed by atoms with Crippen LogP contribution in [-0.2, 0) is 38.0 Å². The summed E-state index contributed by atoms with van der Waals surface area (Å²) in [5, 5.41) is 4.57. The molecule has 0 N–H and O–H groups in total. The van der Waals surface area contributed by atoms with Crippen molar-refractivity contribution in [2.24, 2.45) is 7.05 Å². The van der Waals surface area contributed by atoms with Crippen LogP contribution >= 0.6 is 0 Å². The maximum absolute atomic E-state index is 13.8. The molecule has 2 heterocycles. The van der Waals surface area contributed by atoms with Crippen LogP contribution in [0.3, 0.4) is 0 Å². The number of fused-ring (bicyclic) bond motifs is 1. The largest absolute Gasteiger partial charge is 0.370 e. The van der Waals surface area contributed by atoms with Gasteiger partial charge in [-0.25, -0.2) is 4.39 Å². The van der Waals surface area contributed by atoms with Crippen molar-refractivity contribution in [2.75, 3.05) is 6.54 Å². The number of hydrogen-bond acceptors (Lipinski definition) is 3. The lowest BCUT2D eigenvalue weighted by atomic mass is 10.0. The van der Waals surface area contributed by atoms with Gasteiger partial charge in [-0.1, -0.05) is 36.4 Å². The van der Waals surface area contributed by atoms with E-state index in [4.69, 9.17) is 4.74 Å². The third-order valence-electron chi connectivity index (χ3n) is 5.09. The zero-order valence-electron chi connectivity index (χ0n) is 15.8. The minimum atomic E-state index is -0.273. The van der Waals surface area contributed by atoms with Crippen molar-refractivity contribution in [3.63, 3.8) is 0 Å². The van der Waals surface area contributed by atoms with Gasteiger partial charge in [-0.3, -0.25) is 9.48 Å². The number of halogens is 1. The van der Waals surface area contributed by atoms with Crippen LogP contribution < -0.4 is 0 Å². The Kier molecular flexibility index (Phi) is 5.21. The molecule has 1 aromatic heterocycles. The highest BCUT2D eigenvalue weighted by atomic mass is 19.1. The molecule has 0 atom stereocenters. The smallest absolute Gasteiger partial charge is 0.254 e. The summed E-state index contributed by atoms with van der Waals surface area (Å²) < 4.78 is 21.3. The molecule has 0 aliphatic carbocycles. The molecule has 5 nitrogen and oxygen atoms in total. The SMILES string of the molecule is Cn1nc(COCc2ccccc2F)c2c1CCN(C(=O)c1ccccc1)C2. The zero-order chi connectivity index (χ0) is 19.5. The van der Waals surface area contributed by atoms with Crippen LogP contribution in [0.25, 0.3) is 0 Å². The molecule has 0 bridgehead atoms. The summed E-state index contributed by atoms with van der Waals surface area (Å²) in [5.41, 5.74) is 4.17. The molecule has 0 radical (unpaired) electrons.